The lowest BCUT2D eigenvalue weighted by molar-refractivity contribution is -0.0286. The zero-order valence-corrected chi connectivity index (χ0v) is 10.9. The minimum Gasteiger partial charge on any atom is -0.370 e. The van der Waals surface area contributed by atoms with E-state index >= 15 is 0 Å². The van der Waals surface area contributed by atoms with Crippen LogP contribution in [0, 0.1) is 0 Å². The zero-order chi connectivity index (χ0) is 12.5. The molecule has 0 unspecified atom stereocenters. The van der Waals surface area contributed by atoms with Crippen molar-refractivity contribution in [1.82, 2.24) is 4.31 Å². The van der Waals surface area contributed by atoms with Gasteiger partial charge < -0.3 is 4.74 Å². The molecule has 1 aromatic rings. The number of morpholine rings is 1. The van der Waals surface area contributed by atoms with Crippen LogP contribution < -0.4 is 0 Å². The number of hydrogen-bond acceptors (Lipinski definition) is 3. The predicted molar refractivity (Wildman–Crippen MR) is 66.1 cm³/mol. The Morgan fingerprint density at radius 1 is 1.29 bits per heavy atom. The molecule has 5 heteroatoms. The van der Waals surface area contributed by atoms with Crippen molar-refractivity contribution < 1.29 is 13.2 Å². The molecule has 1 fully saturated rings. The van der Waals surface area contributed by atoms with Crippen LogP contribution >= 0.6 is 0 Å². The first-order chi connectivity index (χ1) is 7.98. The number of hydrogen-bond donors (Lipinski definition) is 0. The maximum absolute atomic E-state index is 11.6. The molecule has 0 aliphatic carbocycles. The van der Waals surface area contributed by atoms with E-state index in [0.717, 1.165) is 5.56 Å². The van der Waals surface area contributed by atoms with Crippen molar-refractivity contribution in [3.05, 3.63) is 35.9 Å². The molecule has 94 valence electrons. The topological polar surface area (TPSA) is 46.6 Å². The first kappa shape index (κ1) is 12.5. The average molecular weight is 255 g/mol. The Balaban J connectivity index is 2.19. The molecule has 17 heavy (non-hydrogen) atoms. The van der Waals surface area contributed by atoms with E-state index in [2.05, 4.69) is 0 Å². The minimum atomic E-state index is -3.16. The van der Waals surface area contributed by atoms with Crippen LogP contribution in [0.25, 0.3) is 0 Å². The standard InChI is InChI=1S/C12H17NO3S/c1-10-9-16-12(8-13(10)17(2,14)15)11-6-4-3-5-7-11/h3-7,10,12H,8-9H2,1-2H3/t10-,12-/m1/s1. The molecule has 2 rings (SSSR count). The Kier molecular flexibility index (Phi) is 3.51. The summed E-state index contributed by atoms with van der Waals surface area (Å²) in [7, 11) is -3.16. The molecule has 4 nitrogen and oxygen atoms in total. The summed E-state index contributed by atoms with van der Waals surface area (Å²) in [5.41, 5.74) is 1.02. The summed E-state index contributed by atoms with van der Waals surface area (Å²) >= 11 is 0. The van der Waals surface area contributed by atoms with E-state index in [-0.39, 0.29) is 12.1 Å². The van der Waals surface area contributed by atoms with Crippen LogP contribution in [0.3, 0.4) is 0 Å². The van der Waals surface area contributed by atoms with Gasteiger partial charge in [-0.2, -0.15) is 4.31 Å². The van der Waals surface area contributed by atoms with Crippen molar-refractivity contribution in [2.24, 2.45) is 0 Å². The number of sulfonamides is 1. The van der Waals surface area contributed by atoms with E-state index in [4.69, 9.17) is 4.74 Å². The second-order valence-corrected chi connectivity index (χ2v) is 6.35. The largest absolute Gasteiger partial charge is 0.370 e. The molecule has 0 spiro atoms. The molecular weight excluding hydrogens is 238 g/mol. The summed E-state index contributed by atoms with van der Waals surface area (Å²) in [6.45, 7) is 2.69. The normalized spacial score (nSPS) is 26.9. The molecule has 0 N–H and O–H groups in total. The maximum Gasteiger partial charge on any atom is 0.211 e. The van der Waals surface area contributed by atoms with Crippen molar-refractivity contribution in [3.63, 3.8) is 0 Å². The van der Waals surface area contributed by atoms with Crippen LogP contribution in [0.4, 0.5) is 0 Å². The number of benzene rings is 1. The minimum absolute atomic E-state index is 0.0926. The molecule has 0 amide bonds. The molecule has 1 aliphatic heterocycles. The van der Waals surface area contributed by atoms with Gasteiger partial charge in [-0.3, -0.25) is 0 Å². The quantitative estimate of drug-likeness (QED) is 0.802. The van der Waals surface area contributed by atoms with Crippen molar-refractivity contribution in [1.29, 1.82) is 0 Å². The fourth-order valence-corrected chi connectivity index (χ4v) is 3.19. The van der Waals surface area contributed by atoms with Gasteiger partial charge in [0.05, 0.1) is 19.0 Å². The SMILES string of the molecule is C[C@@H]1CO[C@@H](c2ccccc2)CN1S(C)(=O)=O. The third-order valence-corrected chi connectivity index (χ3v) is 4.33. The molecule has 1 heterocycles. The number of ether oxygens (including phenoxy) is 1. The molecule has 1 aromatic carbocycles. The van der Waals surface area contributed by atoms with Gasteiger partial charge in [0.25, 0.3) is 0 Å². The van der Waals surface area contributed by atoms with Crippen molar-refractivity contribution in [2.45, 2.75) is 19.1 Å². The Morgan fingerprint density at radius 2 is 1.94 bits per heavy atom. The smallest absolute Gasteiger partial charge is 0.211 e. The molecule has 0 aromatic heterocycles. The molecule has 2 atom stereocenters. The third-order valence-electron chi connectivity index (χ3n) is 2.97. The summed E-state index contributed by atoms with van der Waals surface area (Å²) in [4.78, 5) is 0. The van der Waals surface area contributed by atoms with Gasteiger partial charge in [-0.1, -0.05) is 30.3 Å². The third kappa shape index (κ3) is 2.86. The van der Waals surface area contributed by atoms with Gasteiger partial charge >= 0.3 is 0 Å². The first-order valence-corrected chi connectivity index (χ1v) is 7.46. The molecule has 0 radical (unpaired) electrons. The van der Waals surface area contributed by atoms with E-state index < -0.39 is 10.0 Å². The van der Waals surface area contributed by atoms with Crippen LogP contribution in [-0.2, 0) is 14.8 Å². The monoisotopic (exact) mass is 255 g/mol. The molecule has 1 saturated heterocycles. The van der Waals surface area contributed by atoms with E-state index in [1.807, 2.05) is 37.3 Å². The van der Waals surface area contributed by atoms with Crippen LogP contribution in [0.2, 0.25) is 0 Å². The number of nitrogens with zero attached hydrogens (tertiary/aromatic N) is 1. The lowest BCUT2D eigenvalue weighted by Crippen LogP contribution is -2.47. The van der Waals surface area contributed by atoms with E-state index in [9.17, 15) is 8.42 Å². The van der Waals surface area contributed by atoms with Crippen molar-refractivity contribution in [2.75, 3.05) is 19.4 Å². The van der Waals surface area contributed by atoms with E-state index in [0.29, 0.717) is 13.2 Å². The first-order valence-electron chi connectivity index (χ1n) is 5.62. The summed E-state index contributed by atoms with van der Waals surface area (Å²) in [5.74, 6) is 0. The summed E-state index contributed by atoms with van der Waals surface area (Å²) < 4.78 is 30.5. The van der Waals surface area contributed by atoms with Crippen LogP contribution in [-0.4, -0.2) is 38.2 Å². The Morgan fingerprint density at radius 3 is 2.53 bits per heavy atom. The van der Waals surface area contributed by atoms with Crippen LogP contribution in [0.5, 0.6) is 0 Å². The highest BCUT2D eigenvalue weighted by Gasteiger charge is 2.32. The van der Waals surface area contributed by atoms with Gasteiger partial charge in [-0.15, -0.1) is 0 Å². The Hall–Kier alpha value is -0.910. The second-order valence-electron chi connectivity index (χ2n) is 4.41. The van der Waals surface area contributed by atoms with Crippen molar-refractivity contribution >= 4 is 10.0 Å². The highest BCUT2D eigenvalue weighted by Crippen LogP contribution is 2.26. The number of rotatable bonds is 2. The fraction of sp³-hybridized carbons (Fsp3) is 0.500. The van der Waals surface area contributed by atoms with Crippen LogP contribution in [0.15, 0.2) is 30.3 Å². The summed E-state index contributed by atoms with van der Waals surface area (Å²) in [6.07, 6.45) is 1.08. The summed E-state index contributed by atoms with van der Waals surface area (Å²) in [5, 5.41) is 0. The summed E-state index contributed by atoms with van der Waals surface area (Å²) in [6, 6.07) is 9.62. The molecular formula is C12H17NO3S. The lowest BCUT2D eigenvalue weighted by Gasteiger charge is -2.36. The Labute approximate surface area is 102 Å². The highest BCUT2D eigenvalue weighted by atomic mass is 32.2. The van der Waals surface area contributed by atoms with Gasteiger partial charge in [0.1, 0.15) is 0 Å². The van der Waals surface area contributed by atoms with Gasteiger partial charge in [0.15, 0.2) is 0 Å². The zero-order valence-electron chi connectivity index (χ0n) is 10.0. The highest BCUT2D eigenvalue weighted by molar-refractivity contribution is 7.88. The van der Waals surface area contributed by atoms with Gasteiger partial charge in [-0.05, 0) is 12.5 Å². The van der Waals surface area contributed by atoms with Crippen LogP contribution in [0.1, 0.15) is 18.6 Å². The van der Waals surface area contributed by atoms with Gasteiger partial charge in [0, 0.05) is 12.6 Å². The molecule has 1 aliphatic rings. The average Bonchev–Trinajstić information content (AvgIpc) is 2.29. The van der Waals surface area contributed by atoms with Gasteiger partial charge in [0.2, 0.25) is 10.0 Å². The maximum atomic E-state index is 11.6. The molecule has 0 bridgehead atoms. The molecule has 0 saturated carbocycles. The predicted octanol–water partition coefficient (Wildman–Crippen LogP) is 1.41. The second kappa shape index (κ2) is 4.76. The Bertz CT molecular complexity index is 472. The lowest BCUT2D eigenvalue weighted by atomic mass is 10.1. The van der Waals surface area contributed by atoms with Crippen molar-refractivity contribution in [3.8, 4) is 0 Å². The van der Waals surface area contributed by atoms with E-state index in [1.165, 1.54) is 10.6 Å². The van der Waals surface area contributed by atoms with E-state index in [1.54, 1.807) is 0 Å². The van der Waals surface area contributed by atoms with Gasteiger partial charge in [-0.25, -0.2) is 8.42 Å². The fourth-order valence-electron chi connectivity index (χ4n) is 2.07.